The number of carbonyl (C=O) groups is 1. The maximum Gasteiger partial charge on any atom is 0.330 e. The molecule has 1 unspecified atom stereocenters. The lowest BCUT2D eigenvalue weighted by Crippen LogP contribution is -2.34. The summed E-state index contributed by atoms with van der Waals surface area (Å²) in [5.41, 5.74) is 0.991. The van der Waals surface area contributed by atoms with Crippen LogP contribution in [-0.2, 0) is 19.6 Å². The second kappa shape index (κ2) is 9.47. The highest BCUT2D eigenvalue weighted by Gasteiger charge is 2.18. The van der Waals surface area contributed by atoms with Gasteiger partial charge in [-0.15, -0.1) is 0 Å². The van der Waals surface area contributed by atoms with Gasteiger partial charge in [0.15, 0.2) is 0 Å². The molecule has 1 N–H and O–H groups in total. The number of hydrogen-bond donors (Lipinski definition) is 1. The zero-order chi connectivity index (χ0) is 17.3. The molecule has 0 heterocycles. The Labute approximate surface area is 138 Å². The Bertz CT molecular complexity index is 620. The van der Waals surface area contributed by atoms with Crippen molar-refractivity contribution in [3.63, 3.8) is 0 Å². The Balaban J connectivity index is 2.71. The normalized spacial score (nSPS) is 13.2. The molecule has 1 atom stereocenters. The smallest absolute Gasteiger partial charge is 0.330 e. The number of aryl methyl sites for hydroxylation is 1. The van der Waals surface area contributed by atoms with Crippen molar-refractivity contribution in [2.45, 2.75) is 51.0 Å². The van der Waals surface area contributed by atoms with Gasteiger partial charge in [-0.05, 0) is 38.8 Å². The van der Waals surface area contributed by atoms with Crippen molar-refractivity contribution < 1.29 is 17.9 Å². The first-order valence-corrected chi connectivity index (χ1v) is 9.27. The summed E-state index contributed by atoms with van der Waals surface area (Å²) in [5.74, 6) is -0.455. The molecule has 0 bridgehead atoms. The van der Waals surface area contributed by atoms with E-state index in [1.54, 1.807) is 37.3 Å². The maximum absolute atomic E-state index is 12.3. The molecule has 0 aliphatic rings. The van der Waals surface area contributed by atoms with Crippen LogP contribution in [0.2, 0.25) is 0 Å². The third-order valence-electron chi connectivity index (χ3n) is 3.30. The van der Waals surface area contributed by atoms with Gasteiger partial charge in [0.1, 0.15) is 6.10 Å². The number of hydrogen-bond acceptors (Lipinski definition) is 4. The van der Waals surface area contributed by atoms with E-state index in [0.717, 1.165) is 18.4 Å². The molecule has 128 valence electrons. The quantitative estimate of drug-likeness (QED) is 0.554. The Morgan fingerprint density at radius 2 is 1.96 bits per heavy atom. The number of rotatable bonds is 9. The highest BCUT2D eigenvalue weighted by molar-refractivity contribution is 7.89. The summed E-state index contributed by atoms with van der Waals surface area (Å²) in [5, 5.41) is 0. The van der Waals surface area contributed by atoms with Crippen molar-refractivity contribution in [2.24, 2.45) is 0 Å². The van der Waals surface area contributed by atoms with Gasteiger partial charge in [0, 0.05) is 12.6 Å². The number of benzene rings is 1. The predicted molar refractivity (Wildman–Crippen MR) is 90.6 cm³/mol. The molecular weight excluding hydrogens is 314 g/mol. The molecule has 0 fully saturated rings. The number of allylic oxidation sites excluding steroid dienone is 1. The van der Waals surface area contributed by atoms with E-state index in [9.17, 15) is 13.2 Å². The van der Waals surface area contributed by atoms with Crippen molar-refractivity contribution in [2.75, 3.05) is 6.54 Å². The van der Waals surface area contributed by atoms with Crippen LogP contribution < -0.4 is 4.72 Å². The van der Waals surface area contributed by atoms with E-state index < -0.39 is 22.1 Å². The summed E-state index contributed by atoms with van der Waals surface area (Å²) in [6.07, 6.45) is 4.88. The van der Waals surface area contributed by atoms with Gasteiger partial charge in [-0.1, -0.05) is 37.1 Å². The average Bonchev–Trinajstić information content (AvgIpc) is 2.50. The summed E-state index contributed by atoms with van der Waals surface area (Å²) in [4.78, 5) is 11.8. The van der Waals surface area contributed by atoms with Crippen LogP contribution in [0.15, 0.2) is 41.3 Å². The minimum atomic E-state index is -3.60. The first kappa shape index (κ1) is 19.4. The van der Waals surface area contributed by atoms with Crippen molar-refractivity contribution in [3.05, 3.63) is 42.0 Å². The average molecular weight is 339 g/mol. The van der Waals surface area contributed by atoms with Crippen LogP contribution in [0.3, 0.4) is 0 Å². The molecule has 1 aromatic rings. The van der Waals surface area contributed by atoms with E-state index in [0.29, 0.717) is 6.42 Å². The molecule has 1 aromatic carbocycles. The van der Waals surface area contributed by atoms with Crippen molar-refractivity contribution in [3.8, 4) is 0 Å². The summed E-state index contributed by atoms with van der Waals surface area (Å²) >= 11 is 0. The summed E-state index contributed by atoms with van der Waals surface area (Å²) < 4.78 is 32.3. The zero-order valence-electron chi connectivity index (χ0n) is 13.9. The first-order chi connectivity index (χ1) is 10.9. The highest BCUT2D eigenvalue weighted by Crippen LogP contribution is 2.11. The van der Waals surface area contributed by atoms with E-state index in [1.807, 2.05) is 13.8 Å². The van der Waals surface area contributed by atoms with Gasteiger partial charge >= 0.3 is 5.97 Å². The topological polar surface area (TPSA) is 72.5 Å². The fraction of sp³-hybridized carbons (Fsp3) is 0.471. The van der Waals surface area contributed by atoms with Crippen LogP contribution in [-0.4, -0.2) is 27.0 Å². The van der Waals surface area contributed by atoms with Gasteiger partial charge in [0.05, 0.1) is 4.90 Å². The molecule has 1 rings (SSSR count). The largest absolute Gasteiger partial charge is 0.458 e. The van der Waals surface area contributed by atoms with Crippen LogP contribution >= 0.6 is 0 Å². The lowest BCUT2D eigenvalue weighted by atomic mass is 10.1. The lowest BCUT2D eigenvalue weighted by molar-refractivity contribution is -0.143. The van der Waals surface area contributed by atoms with Crippen molar-refractivity contribution >= 4 is 16.0 Å². The number of unbranched alkanes of at least 4 members (excludes halogenated alkanes) is 1. The van der Waals surface area contributed by atoms with Gasteiger partial charge in [-0.25, -0.2) is 17.9 Å². The first-order valence-electron chi connectivity index (χ1n) is 7.78. The second-order valence-corrected chi connectivity index (χ2v) is 7.13. The second-order valence-electron chi connectivity index (χ2n) is 5.37. The molecule has 0 radical (unpaired) electrons. The summed E-state index contributed by atoms with van der Waals surface area (Å²) in [6.45, 7) is 5.72. The molecule has 23 heavy (non-hydrogen) atoms. The summed E-state index contributed by atoms with van der Waals surface area (Å²) in [7, 11) is -3.60. The Morgan fingerprint density at radius 1 is 1.30 bits per heavy atom. The monoisotopic (exact) mass is 339 g/mol. The van der Waals surface area contributed by atoms with Crippen LogP contribution in [0.5, 0.6) is 0 Å². The fourth-order valence-corrected chi connectivity index (χ4v) is 3.04. The molecule has 0 saturated heterocycles. The van der Waals surface area contributed by atoms with Gasteiger partial charge in [-0.2, -0.15) is 0 Å². The van der Waals surface area contributed by atoms with E-state index >= 15 is 0 Å². The van der Waals surface area contributed by atoms with Gasteiger partial charge < -0.3 is 4.74 Å². The van der Waals surface area contributed by atoms with Crippen LogP contribution in [0.25, 0.3) is 0 Å². The molecule has 0 aliphatic carbocycles. The molecule has 6 heteroatoms. The third-order valence-corrected chi connectivity index (χ3v) is 4.74. The number of nitrogens with one attached hydrogen (secondary N) is 1. The number of ether oxygens (including phenoxy) is 1. The molecule has 0 aromatic heterocycles. The van der Waals surface area contributed by atoms with E-state index in [4.69, 9.17) is 4.74 Å². The Hall–Kier alpha value is -1.66. The molecule has 5 nitrogen and oxygen atoms in total. The van der Waals surface area contributed by atoms with Crippen molar-refractivity contribution in [1.29, 1.82) is 0 Å². The van der Waals surface area contributed by atoms with Crippen LogP contribution in [0, 0.1) is 6.92 Å². The highest BCUT2D eigenvalue weighted by atomic mass is 32.2. The third kappa shape index (κ3) is 6.97. The molecule has 0 aliphatic heterocycles. The Kier molecular flexibility index (Phi) is 7.98. The zero-order valence-corrected chi connectivity index (χ0v) is 14.7. The van der Waals surface area contributed by atoms with E-state index in [1.165, 1.54) is 6.08 Å². The number of esters is 1. The molecular formula is C17H25NO4S. The van der Waals surface area contributed by atoms with E-state index in [-0.39, 0.29) is 11.4 Å². The SMILES string of the molecule is C/C=C/C(=O)OC(CCCC)CNS(=O)(=O)c1ccc(C)cc1. The standard InChI is InChI=1S/C17H25NO4S/c1-4-6-8-15(22-17(19)7-5-2)13-18-23(20,21)16-11-9-14(3)10-12-16/h5,7,9-12,15,18H,4,6,8,13H2,1-3H3/b7-5+. The minimum absolute atomic E-state index is 0.0690. The molecule has 0 saturated carbocycles. The molecule has 0 amide bonds. The van der Waals surface area contributed by atoms with E-state index in [2.05, 4.69) is 4.72 Å². The van der Waals surface area contributed by atoms with Crippen LogP contribution in [0.1, 0.15) is 38.7 Å². The number of carbonyl (C=O) groups excluding carboxylic acids is 1. The van der Waals surface area contributed by atoms with Gasteiger partial charge in [-0.3, -0.25) is 0 Å². The minimum Gasteiger partial charge on any atom is -0.458 e. The predicted octanol–water partition coefficient (Wildman–Crippen LogP) is 2.95. The Morgan fingerprint density at radius 3 is 2.52 bits per heavy atom. The van der Waals surface area contributed by atoms with Crippen molar-refractivity contribution in [1.82, 2.24) is 4.72 Å². The lowest BCUT2D eigenvalue weighted by Gasteiger charge is -2.17. The fourth-order valence-electron chi connectivity index (χ4n) is 1.98. The molecule has 0 spiro atoms. The number of sulfonamides is 1. The summed E-state index contributed by atoms with van der Waals surface area (Å²) in [6, 6.07) is 6.61. The van der Waals surface area contributed by atoms with Gasteiger partial charge in [0.2, 0.25) is 10.0 Å². The maximum atomic E-state index is 12.3. The van der Waals surface area contributed by atoms with Gasteiger partial charge in [0.25, 0.3) is 0 Å². The van der Waals surface area contributed by atoms with Crippen LogP contribution in [0.4, 0.5) is 0 Å².